The SMILES string of the molecule is CNc1sc2c(c1C(=O)Nc1ccc(CCCc3ccc(C=O)cc3)cc1)CCCC2. The highest BCUT2D eigenvalue weighted by atomic mass is 32.1. The molecule has 3 aromatic rings. The lowest BCUT2D eigenvalue weighted by Gasteiger charge is -2.13. The van der Waals surface area contributed by atoms with E-state index >= 15 is 0 Å². The van der Waals surface area contributed by atoms with E-state index in [1.807, 2.05) is 43.4 Å². The summed E-state index contributed by atoms with van der Waals surface area (Å²) in [5.41, 5.74) is 6.10. The van der Waals surface area contributed by atoms with E-state index in [0.29, 0.717) is 5.56 Å². The number of benzene rings is 2. The molecule has 160 valence electrons. The third kappa shape index (κ3) is 5.05. The van der Waals surface area contributed by atoms with Crippen molar-refractivity contribution in [1.29, 1.82) is 0 Å². The molecule has 1 aromatic heterocycles. The molecular formula is C26H28N2O2S. The van der Waals surface area contributed by atoms with Crippen LogP contribution in [0.15, 0.2) is 48.5 Å². The maximum atomic E-state index is 13.0. The molecule has 2 aromatic carbocycles. The molecule has 0 saturated heterocycles. The molecule has 2 N–H and O–H groups in total. The third-order valence-corrected chi connectivity index (χ3v) is 7.19. The number of hydrogen-bond acceptors (Lipinski definition) is 4. The van der Waals surface area contributed by atoms with Gasteiger partial charge in [0.15, 0.2) is 0 Å². The summed E-state index contributed by atoms with van der Waals surface area (Å²) >= 11 is 1.72. The molecule has 0 saturated carbocycles. The fourth-order valence-corrected chi connectivity index (χ4v) is 5.43. The number of carbonyl (C=O) groups excluding carboxylic acids is 2. The molecule has 4 nitrogen and oxygen atoms in total. The fraction of sp³-hybridized carbons (Fsp3) is 0.308. The molecule has 0 unspecified atom stereocenters. The van der Waals surface area contributed by atoms with Gasteiger partial charge in [-0.05, 0) is 73.8 Å². The van der Waals surface area contributed by atoms with Crippen LogP contribution in [0.25, 0.3) is 0 Å². The van der Waals surface area contributed by atoms with Crippen molar-refractivity contribution >= 4 is 34.2 Å². The minimum Gasteiger partial charge on any atom is -0.379 e. The Morgan fingerprint density at radius 2 is 1.61 bits per heavy atom. The monoisotopic (exact) mass is 432 g/mol. The summed E-state index contributed by atoms with van der Waals surface area (Å²) in [5, 5.41) is 7.27. The van der Waals surface area contributed by atoms with Gasteiger partial charge in [0.2, 0.25) is 0 Å². The van der Waals surface area contributed by atoms with Crippen LogP contribution in [0.2, 0.25) is 0 Å². The predicted octanol–water partition coefficient (Wildman–Crippen LogP) is 5.91. The third-order valence-electron chi connectivity index (χ3n) is 5.88. The van der Waals surface area contributed by atoms with Gasteiger partial charge >= 0.3 is 0 Å². The van der Waals surface area contributed by atoms with Crippen molar-refractivity contribution in [2.45, 2.75) is 44.9 Å². The Morgan fingerprint density at radius 1 is 0.968 bits per heavy atom. The van der Waals surface area contributed by atoms with Gasteiger partial charge in [0, 0.05) is 23.2 Å². The first kappa shape index (κ1) is 21.3. The van der Waals surface area contributed by atoms with E-state index < -0.39 is 0 Å². The molecule has 1 heterocycles. The highest BCUT2D eigenvalue weighted by Gasteiger charge is 2.24. The maximum absolute atomic E-state index is 13.0. The van der Waals surface area contributed by atoms with Gasteiger partial charge in [0.25, 0.3) is 5.91 Å². The van der Waals surface area contributed by atoms with Crippen LogP contribution in [0.3, 0.4) is 0 Å². The Kier molecular flexibility index (Phi) is 6.82. The van der Waals surface area contributed by atoms with Gasteiger partial charge in [-0.2, -0.15) is 0 Å². The normalized spacial score (nSPS) is 12.8. The second kappa shape index (κ2) is 9.92. The molecular weight excluding hydrogens is 404 g/mol. The van der Waals surface area contributed by atoms with E-state index in [9.17, 15) is 9.59 Å². The fourth-order valence-electron chi connectivity index (χ4n) is 4.19. The lowest BCUT2D eigenvalue weighted by Crippen LogP contribution is -2.16. The topological polar surface area (TPSA) is 58.2 Å². The van der Waals surface area contributed by atoms with E-state index in [2.05, 4.69) is 22.8 Å². The maximum Gasteiger partial charge on any atom is 0.258 e. The first-order chi connectivity index (χ1) is 15.2. The van der Waals surface area contributed by atoms with Crippen molar-refractivity contribution in [3.05, 3.63) is 81.2 Å². The van der Waals surface area contributed by atoms with Gasteiger partial charge in [-0.15, -0.1) is 11.3 Å². The zero-order valence-corrected chi connectivity index (χ0v) is 18.7. The zero-order valence-electron chi connectivity index (χ0n) is 17.9. The summed E-state index contributed by atoms with van der Waals surface area (Å²) in [4.78, 5) is 25.1. The molecule has 0 aliphatic heterocycles. The molecule has 31 heavy (non-hydrogen) atoms. The van der Waals surface area contributed by atoms with Crippen LogP contribution in [0.5, 0.6) is 0 Å². The van der Waals surface area contributed by atoms with Crippen molar-refractivity contribution in [1.82, 2.24) is 0 Å². The molecule has 0 bridgehead atoms. The standard InChI is InChI=1S/C26H28N2O2S/c1-27-26-24(22-7-2-3-8-23(22)31-26)25(30)28-21-15-13-19(14-16-21)6-4-5-18-9-11-20(17-29)12-10-18/h9-17,27H,2-8H2,1H3,(H,28,30). The van der Waals surface area contributed by atoms with E-state index in [1.54, 1.807) is 11.3 Å². The second-order valence-electron chi connectivity index (χ2n) is 8.03. The quantitative estimate of drug-likeness (QED) is 0.435. The Morgan fingerprint density at radius 3 is 2.26 bits per heavy atom. The van der Waals surface area contributed by atoms with Crippen molar-refractivity contribution < 1.29 is 9.59 Å². The van der Waals surface area contributed by atoms with Gasteiger partial charge in [-0.25, -0.2) is 0 Å². The molecule has 4 rings (SSSR count). The van der Waals surface area contributed by atoms with Crippen LogP contribution in [0.4, 0.5) is 10.7 Å². The molecule has 1 amide bonds. The Hall–Kier alpha value is -2.92. The molecule has 5 heteroatoms. The molecule has 0 fully saturated rings. The first-order valence-electron chi connectivity index (χ1n) is 10.9. The van der Waals surface area contributed by atoms with Crippen molar-refractivity contribution in [2.75, 3.05) is 17.7 Å². The van der Waals surface area contributed by atoms with Crippen molar-refractivity contribution in [3.63, 3.8) is 0 Å². The smallest absolute Gasteiger partial charge is 0.258 e. The number of aryl methyl sites for hydroxylation is 3. The summed E-state index contributed by atoms with van der Waals surface area (Å²) < 4.78 is 0. The summed E-state index contributed by atoms with van der Waals surface area (Å²) in [5.74, 6) is -0.0183. The number of aldehydes is 1. The van der Waals surface area contributed by atoms with E-state index in [1.165, 1.54) is 28.0 Å². The summed E-state index contributed by atoms with van der Waals surface area (Å²) in [6.07, 6.45) is 8.31. The first-order valence-corrected chi connectivity index (χ1v) is 11.8. The molecule has 0 atom stereocenters. The minimum absolute atomic E-state index is 0.0183. The zero-order chi connectivity index (χ0) is 21.6. The average Bonchev–Trinajstić information content (AvgIpc) is 3.19. The van der Waals surface area contributed by atoms with Crippen LogP contribution in [-0.2, 0) is 25.7 Å². The molecule has 0 radical (unpaired) electrons. The van der Waals surface area contributed by atoms with Gasteiger partial charge in [0.1, 0.15) is 11.3 Å². The Bertz CT molecular complexity index is 1050. The number of carbonyl (C=O) groups is 2. The van der Waals surface area contributed by atoms with Gasteiger partial charge in [-0.1, -0.05) is 36.4 Å². The number of amides is 1. The minimum atomic E-state index is -0.0183. The van der Waals surface area contributed by atoms with Crippen LogP contribution in [0.1, 0.15) is 61.5 Å². The number of hydrogen-bond donors (Lipinski definition) is 2. The summed E-state index contributed by atoms with van der Waals surface area (Å²) in [6, 6.07) is 15.9. The van der Waals surface area contributed by atoms with Gasteiger partial charge in [0.05, 0.1) is 5.56 Å². The van der Waals surface area contributed by atoms with Gasteiger partial charge in [-0.3, -0.25) is 9.59 Å². The molecule has 1 aliphatic rings. The lowest BCUT2D eigenvalue weighted by atomic mass is 9.95. The van der Waals surface area contributed by atoms with Crippen molar-refractivity contribution in [3.8, 4) is 0 Å². The number of anilines is 2. The average molecular weight is 433 g/mol. The van der Waals surface area contributed by atoms with Crippen LogP contribution < -0.4 is 10.6 Å². The Labute approximate surface area is 187 Å². The predicted molar refractivity (Wildman–Crippen MR) is 129 cm³/mol. The second-order valence-corrected chi connectivity index (χ2v) is 9.13. The number of nitrogens with one attached hydrogen (secondary N) is 2. The van der Waals surface area contributed by atoms with Crippen LogP contribution in [0, 0.1) is 0 Å². The highest BCUT2D eigenvalue weighted by molar-refractivity contribution is 7.16. The van der Waals surface area contributed by atoms with Crippen molar-refractivity contribution in [2.24, 2.45) is 0 Å². The van der Waals surface area contributed by atoms with E-state index in [0.717, 1.165) is 61.1 Å². The summed E-state index contributed by atoms with van der Waals surface area (Å²) in [6.45, 7) is 0. The number of rotatable bonds is 8. The lowest BCUT2D eigenvalue weighted by molar-refractivity contribution is 0.102. The largest absolute Gasteiger partial charge is 0.379 e. The number of fused-ring (bicyclic) bond motifs is 1. The summed E-state index contributed by atoms with van der Waals surface area (Å²) in [7, 11) is 1.89. The molecule has 0 spiro atoms. The van der Waals surface area contributed by atoms with Crippen LogP contribution in [-0.4, -0.2) is 19.2 Å². The van der Waals surface area contributed by atoms with Gasteiger partial charge < -0.3 is 10.6 Å². The van der Waals surface area contributed by atoms with E-state index in [-0.39, 0.29) is 5.91 Å². The number of thiophene rings is 1. The Balaban J connectivity index is 1.35. The van der Waals surface area contributed by atoms with Crippen LogP contribution >= 0.6 is 11.3 Å². The highest BCUT2D eigenvalue weighted by Crippen LogP contribution is 2.38. The molecule has 1 aliphatic carbocycles. The van der Waals surface area contributed by atoms with E-state index in [4.69, 9.17) is 0 Å².